The van der Waals surface area contributed by atoms with E-state index in [1.165, 1.54) is 24.3 Å². The zero-order valence-electron chi connectivity index (χ0n) is 12.6. The third-order valence-electron chi connectivity index (χ3n) is 3.57. The predicted molar refractivity (Wildman–Crippen MR) is 86.2 cm³/mol. The Labute approximate surface area is 136 Å². The Morgan fingerprint density at radius 1 is 0.958 bits per heavy atom. The van der Waals surface area contributed by atoms with Crippen LogP contribution in [0.4, 0.5) is 19.0 Å². The number of pyridine rings is 1. The summed E-state index contributed by atoms with van der Waals surface area (Å²) in [5, 5.41) is 12.7. The highest BCUT2D eigenvalue weighted by Crippen LogP contribution is 2.34. The maximum absolute atomic E-state index is 14.1. The molecule has 0 aliphatic rings. The molecule has 0 saturated carbocycles. The van der Waals surface area contributed by atoms with E-state index < -0.39 is 17.5 Å². The van der Waals surface area contributed by atoms with Crippen LogP contribution in [-0.4, -0.2) is 17.1 Å². The largest absolute Gasteiger partial charge is 0.507 e. The van der Waals surface area contributed by atoms with E-state index in [1.807, 2.05) is 0 Å². The normalized spacial score (nSPS) is 10.7. The number of aromatic nitrogens is 1. The second-order valence-electron chi connectivity index (χ2n) is 5.13. The van der Waals surface area contributed by atoms with Gasteiger partial charge in [0.1, 0.15) is 29.0 Å². The van der Waals surface area contributed by atoms with E-state index in [4.69, 9.17) is 0 Å². The summed E-state index contributed by atoms with van der Waals surface area (Å²) in [7, 11) is 1.60. The third-order valence-corrected chi connectivity index (χ3v) is 3.57. The van der Waals surface area contributed by atoms with Gasteiger partial charge < -0.3 is 10.4 Å². The number of hydrogen-bond acceptors (Lipinski definition) is 3. The topological polar surface area (TPSA) is 45.1 Å². The van der Waals surface area contributed by atoms with Crippen LogP contribution in [0.3, 0.4) is 0 Å². The zero-order valence-corrected chi connectivity index (χ0v) is 12.6. The lowest BCUT2D eigenvalue weighted by Gasteiger charge is -2.11. The number of hydrogen-bond donors (Lipinski definition) is 2. The second-order valence-corrected chi connectivity index (χ2v) is 5.13. The fourth-order valence-electron chi connectivity index (χ4n) is 2.43. The number of phenols is 1. The number of anilines is 1. The molecule has 1 heterocycles. The van der Waals surface area contributed by atoms with Crippen LogP contribution in [0.15, 0.2) is 48.5 Å². The molecule has 0 fully saturated rings. The summed E-state index contributed by atoms with van der Waals surface area (Å²) < 4.78 is 41.6. The molecule has 2 aromatic carbocycles. The Morgan fingerprint density at radius 3 is 2.33 bits per heavy atom. The van der Waals surface area contributed by atoms with Gasteiger partial charge >= 0.3 is 0 Å². The first-order chi connectivity index (χ1) is 11.5. The van der Waals surface area contributed by atoms with Crippen LogP contribution < -0.4 is 5.32 Å². The summed E-state index contributed by atoms with van der Waals surface area (Å²) in [6.45, 7) is 0. The number of nitrogens with one attached hydrogen (secondary N) is 1. The predicted octanol–water partition coefficient (Wildman–Crippen LogP) is 4.58. The van der Waals surface area contributed by atoms with E-state index in [0.717, 1.165) is 24.3 Å². The molecule has 0 aliphatic carbocycles. The Balaban J connectivity index is 2.25. The highest BCUT2D eigenvalue weighted by molar-refractivity contribution is 5.76. The standard InChI is InChI=1S/C18H13F3N2O/c1-22-17-8-10(18-13(20)3-2-4-14(18)21)7-15(23-17)12-9-11(19)5-6-16(12)24/h2-9,24H,1H3,(H,22,23). The van der Waals surface area contributed by atoms with E-state index in [1.54, 1.807) is 7.05 Å². The van der Waals surface area contributed by atoms with Crippen molar-refractivity contribution in [2.45, 2.75) is 0 Å². The van der Waals surface area contributed by atoms with Crippen LogP contribution in [0, 0.1) is 17.5 Å². The molecule has 24 heavy (non-hydrogen) atoms. The summed E-state index contributed by atoms with van der Waals surface area (Å²) in [5.41, 5.74) is 0.332. The molecule has 6 heteroatoms. The van der Waals surface area contributed by atoms with Crippen molar-refractivity contribution in [1.29, 1.82) is 0 Å². The van der Waals surface area contributed by atoms with Crippen LogP contribution in [0.2, 0.25) is 0 Å². The number of benzene rings is 2. The van der Waals surface area contributed by atoms with Crippen molar-refractivity contribution in [3.05, 3.63) is 66.0 Å². The lowest BCUT2D eigenvalue weighted by atomic mass is 10.0. The minimum Gasteiger partial charge on any atom is -0.507 e. The molecule has 0 amide bonds. The lowest BCUT2D eigenvalue weighted by molar-refractivity contribution is 0.475. The average Bonchev–Trinajstić information content (AvgIpc) is 2.56. The SMILES string of the molecule is CNc1cc(-c2c(F)cccc2F)cc(-c2cc(F)ccc2O)n1. The molecule has 0 bridgehead atoms. The Kier molecular flexibility index (Phi) is 4.12. The average molecular weight is 330 g/mol. The van der Waals surface area contributed by atoms with E-state index in [9.17, 15) is 18.3 Å². The van der Waals surface area contributed by atoms with Gasteiger partial charge in [-0.15, -0.1) is 0 Å². The molecule has 122 valence electrons. The number of rotatable bonds is 3. The van der Waals surface area contributed by atoms with Gasteiger partial charge in [0.2, 0.25) is 0 Å². The van der Waals surface area contributed by atoms with Crippen molar-refractivity contribution in [1.82, 2.24) is 4.98 Å². The first-order valence-electron chi connectivity index (χ1n) is 7.12. The Bertz CT molecular complexity index is 893. The number of aromatic hydroxyl groups is 1. The fourth-order valence-corrected chi connectivity index (χ4v) is 2.43. The molecule has 1 aromatic heterocycles. The van der Waals surface area contributed by atoms with Crippen molar-refractivity contribution < 1.29 is 18.3 Å². The smallest absolute Gasteiger partial charge is 0.133 e. The molecule has 3 rings (SSSR count). The van der Waals surface area contributed by atoms with Gasteiger partial charge in [-0.05, 0) is 48.0 Å². The van der Waals surface area contributed by atoms with Gasteiger partial charge in [-0.3, -0.25) is 0 Å². The van der Waals surface area contributed by atoms with Crippen LogP contribution in [-0.2, 0) is 0 Å². The fraction of sp³-hybridized carbons (Fsp3) is 0.0556. The van der Waals surface area contributed by atoms with E-state index in [0.29, 0.717) is 5.82 Å². The highest BCUT2D eigenvalue weighted by atomic mass is 19.1. The molecule has 0 saturated heterocycles. The molecule has 2 N–H and O–H groups in total. The van der Waals surface area contributed by atoms with Crippen LogP contribution in [0.5, 0.6) is 5.75 Å². The molecule has 3 nitrogen and oxygen atoms in total. The monoisotopic (exact) mass is 330 g/mol. The molecule has 0 unspecified atom stereocenters. The summed E-state index contributed by atoms with van der Waals surface area (Å²) in [6, 6.07) is 9.86. The summed E-state index contributed by atoms with van der Waals surface area (Å²) in [5.74, 6) is -1.86. The van der Waals surface area contributed by atoms with Crippen LogP contribution in [0.1, 0.15) is 0 Å². The maximum atomic E-state index is 14.1. The highest BCUT2D eigenvalue weighted by Gasteiger charge is 2.15. The minimum atomic E-state index is -0.724. The van der Waals surface area contributed by atoms with Gasteiger partial charge in [-0.2, -0.15) is 0 Å². The molecule has 0 atom stereocenters. The van der Waals surface area contributed by atoms with Crippen LogP contribution >= 0.6 is 0 Å². The van der Waals surface area contributed by atoms with Gasteiger partial charge in [0, 0.05) is 12.6 Å². The molecular formula is C18H13F3N2O. The van der Waals surface area contributed by atoms with Crippen molar-refractivity contribution in [3.63, 3.8) is 0 Å². The van der Waals surface area contributed by atoms with Gasteiger partial charge in [-0.1, -0.05) is 6.07 Å². The van der Waals surface area contributed by atoms with E-state index in [2.05, 4.69) is 10.3 Å². The molecule has 0 spiro atoms. The van der Waals surface area contributed by atoms with Crippen LogP contribution in [0.25, 0.3) is 22.4 Å². The molecule has 0 aliphatic heterocycles. The Morgan fingerprint density at radius 2 is 1.67 bits per heavy atom. The van der Waals surface area contributed by atoms with Gasteiger partial charge in [0.05, 0.1) is 11.3 Å². The van der Waals surface area contributed by atoms with Crippen molar-refractivity contribution in [2.24, 2.45) is 0 Å². The number of nitrogens with zero attached hydrogens (tertiary/aromatic N) is 1. The van der Waals surface area contributed by atoms with Gasteiger partial charge in [-0.25, -0.2) is 18.2 Å². The summed E-state index contributed by atoms with van der Waals surface area (Å²) in [6.07, 6.45) is 0. The number of phenolic OH excluding ortho intramolecular Hbond substituents is 1. The van der Waals surface area contributed by atoms with Crippen molar-refractivity contribution in [3.8, 4) is 28.1 Å². The zero-order chi connectivity index (χ0) is 17.3. The minimum absolute atomic E-state index is 0.130. The van der Waals surface area contributed by atoms with Gasteiger partial charge in [0.25, 0.3) is 0 Å². The third kappa shape index (κ3) is 2.90. The summed E-state index contributed by atoms with van der Waals surface area (Å²) >= 11 is 0. The van der Waals surface area contributed by atoms with Crippen molar-refractivity contribution in [2.75, 3.05) is 12.4 Å². The first-order valence-corrected chi connectivity index (χ1v) is 7.12. The quantitative estimate of drug-likeness (QED) is 0.739. The lowest BCUT2D eigenvalue weighted by Crippen LogP contribution is -1.98. The molecule has 0 radical (unpaired) electrons. The summed E-state index contributed by atoms with van der Waals surface area (Å²) in [4.78, 5) is 4.23. The molecule has 3 aromatic rings. The number of halogens is 3. The molecular weight excluding hydrogens is 317 g/mol. The second kappa shape index (κ2) is 6.23. The maximum Gasteiger partial charge on any atom is 0.133 e. The Hall–Kier alpha value is -3.02. The van der Waals surface area contributed by atoms with Crippen molar-refractivity contribution >= 4 is 5.82 Å². The van der Waals surface area contributed by atoms with E-state index in [-0.39, 0.29) is 28.1 Å². The van der Waals surface area contributed by atoms with Gasteiger partial charge in [0.15, 0.2) is 0 Å². The van der Waals surface area contributed by atoms with E-state index >= 15 is 0 Å². The first kappa shape index (κ1) is 15.9.